The van der Waals surface area contributed by atoms with Gasteiger partial charge in [0.1, 0.15) is 12.1 Å². The number of fused-ring (bicyclic) bond motifs is 2. The Kier molecular flexibility index (Phi) is 5.85. The smallest absolute Gasteiger partial charge is 0.319 e. The highest BCUT2D eigenvalue weighted by Gasteiger charge is 2.46. The van der Waals surface area contributed by atoms with E-state index in [-0.39, 0.29) is 23.9 Å². The van der Waals surface area contributed by atoms with E-state index >= 15 is 0 Å². The average molecular weight is 409 g/mol. The standard InChI is InChI=1S/C22H27N5O3/c23-11-4-3-9-18-21(29)27-13-15(12-19(27)20(28)25-18)24-22(30)26-17-10-5-7-14-6-1-2-8-16(14)17/h1-2,5-8,10,15,18-19H,3-4,9,11-13,23H2,(H,25,28)(H2,24,26,30)/t15-,18-,19-/m0/s1. The van der Waals surface area contributed by atoms with Crippen molar-refractivity contribution in [1.82, 2.24) is 15.5 Å². The SMILES string of the molecule is NCCCC[C@@H]1NC(=O)[C@@H]2C[C@H](NC(=O)Nc3cccc4ccccc34)CN2C1=O. The summed E-state index contributed by atoms with van der Waals surface area (Å²) in [6.45, 7) is 0.909. The number of nitrogens with two attached hydrogens (primary N) is 1. The van der Waals surface area contributed by atoms with Crippen LogP contribution >= 0.6 is 0 Å². The molecule has 5 N–H and O–H groups in total. The fourth-order valence-corrected chi connectivity index (χ4v) is 4.33. The van der Waals surface area contributed by atoms with Crippen LogP contribution in [0.25, 0.3) is 10.8 Å². The number of carbonyl (C=O) groups excluding carboxylic acids is 3. The molecule has 0 aliphatic carbocycles. The van der Waals surface area contributed by atoms with Gasteiger partial charge < -0.3 is 26.6 Å². The molecule has 2 saturated heterocycles. The Morgan fingerprint density at radius 2 is 1.93 bits per heavy atom. The molecule has 0 spiro atoms. The third-order valence-electron chi connectivity index (χ3n) is 5.82. The Labute approximate surface area is 175 Å². The molecular formula is C22H27N5O3. The molecule has 2 aromatic rings. The summed E-state index contributed by atoms with van der Waals surface area (Å²) in [4.78, 5) is 39.4. The van der Waals surface area contributed by atoms with E-state index in [0.29, 0.717) is 25.9 Å². The molecule has 2 aromatic carbocycles. The summed E-state index contributed by atoms with van der Waals surface area (Å²) in [6.07, 6.45) is 2.61. The second kappa shape index (κ2) is 8.71. The van der Waals surface area contributed by atoms with E-state index in [0.717, 1.165) is 29.3 Å². The molecule has 0 unspecified atom stereocenters. The lowest BCUT2D eigenvalue weighted by Gasteiger charge is -2.34. The van der Waals surface area contributed by atoms with Gasteiger partial charge in [0.05, 0.1) is 11.7 Å². The van der Waals surface area contributed by atoms with E-state index in [9.17, 15) is 14.4 Å². The van der Waals surface area contributed by atoms with Gasteiger partial charge in [0.2, 0.25) is 11.8 Å². The van der Waals surface area contributed by atoms with Crippen molar-refractivity contribution in [2.24, 2.45) is 5.73 Å². The van der Waals surface area contributed by atoms with Crippen LogP contribution in [0.1, 0.15) is 25.7 Å². The van der Waals surface area contributed by atoms with Crippen LogP contribution in [0, 0.1) is 0 Å². The fourth-order valence-electron chi connectivity index (χ4n) is 4.33. The van der Waals surface area contributed by atoms with Crippen molar-refractivity contribution in [3.8, 4) is 0 Å². The molecule has 0 bridgehead atoms. The van der Waals surface area contributed by atoms with Gasteiger partial charge in [-0.15, -0.1) is 0 Å². The Bertz CT molecular complexity index is 957. The molecule has 4 rings (SSSR count). The highest BCUT2D eigenvalue weighted by molar-refractivity contribution is 6.02. The fraction of sp³-hybridized carbons (Fsp3) is 0.409. The summed E-state index contributed by atoms with van der Waals surface area (Å²) in [5, 5.41) is 10.6. The first-order chi connectivity index (χ1) is 14.6. The van der Waals surface area contributed by atoms with Gasteiger partial charge >= 0.3 is 6.03 Å². The second-order valence-corrected chi connectivity index (χ2v) is 7.91. The van der Waals surface area contributed by atoms with Gasteiger partial charge in [0.15, 0.2) is 0 Å². The van der Waals surface area contributed by atoms with E-state index in [1.165, 1.54) is 0 Å². The minimum absolute atomic E-state index is 0.0737. The number of unbranched alkanes of at least 4 members (excludes halogenated alkanes) is 1. The van der Waals surface area contributed by atoms with E-state index in [1.807, 2.05) is 42.5 Å². The summed E-state index contributed by atoms with van der Waals surface area (Å²) in [5.41, 5.74) is 6.23. The molecule has 158 valence electrons. The van der Waals surface area contributed by atoms with E-state index < -0.39 is 12.1 Å². The van der Waals surface area contributed by atoms with Crippen LogP contribution in [0.4, 0.5) is 10.5 Å². The summed E-state index contributed by atoms with van der Waals surface area (Å²) in [5.74, 6) is -0.221. The molecule has 30 heavy (non-hydrogen) atoms. The number of hydrogen-bond donors (Lipinski definition) is 4. The minimum atomic E-state index is -0.522. The Morgan fingerprint density at radius 1 is 1.13 bits per heavy atom. The minimum Gasteiger partial charge on any atom is -0.343 e. The van der Waals surface area contributed by atoms with E-state index in [4.69, 9.17) is 5.73 Å². The molecule has 8 heteroatoms. The van der Waals surface area contributed by atoms with Crippen molar-refractivity contribution in [1.29, 1.82) is 0 Å². The molecule has 4 amide bonds. The quantitative estimate of drug-likeness (QED) is 0.542. The predicted molar refractivity (Wildman–Crippen MR) is 115 cm³/mol. The molecule has 0 radical (unpaired) electrons. The summed E-state index contributed by atoms with van der Waals surface area (Å²) < 4.78 is 0. The zero-order chi connectivity index (χ0) is 21.1. The molecule has 0 aromatic heterocycles. The number of urea groups is 1. The van der Waals surface area contributed by atoms with Crippen LogP contribution in [0.2, 0.25) is 0 Å². The van der Waals surface area contributed by atoms with Crippen LogP contribution < -0.4 is 21.7 Å². The zero-order valence-corrected chi connectivity index (χ0v) is 16.8. The lowest BCUT2D eigenvalue weighted by Crippen LogP contribution is -2.61. The van der Waals surface area contributed by atoms with Crippen LogP contribution in [0.5, 0.6) is 0 Å². The Hall–Kier alpha value is -3.13. The number of benzene rings is 2. The van der Waals surface area contributed by atoms with E-state index in [1.54, 1.807) is 4.90 Å². The molecule has 2 aliphatic rings. The first kappa shape index (κ1) is 20.2. The largest absolute Gasteiger partial charge is 0.343 e. The monoisotopic (exact) mass is 409 g/mol. The number of nitrogens with one attached hydrogen (secondary N) is 3. The van der Waals surface area contributed by atoms with Crippen molar-refractivity contribution >= 4 is 34.3 Å². The Balaban J connectivity index is 1.38. The van der Waals surface area contributed by atoms with Gasteiger partial charge in [-0.2, -0.15) is 0 Å². The third kappa shape index (κ3) is 4.09. The topological polar surface area (TPSA) is 117 Å². The normalized spacial score (nSPS) is 23.2. The van der Waals surface area contributed by atoms with Crippen LogP contribution in [0.15, 0.2) is 42.5 Å². The molecule has 2 fully saturated rings. The maximum atomic E-state index is 12.8. The summed E-state index contributed by atoms with van der Waals surface area (Å²) in [7, 11) is 0. The lowest BCUT2D eigenvalue weighted by molar-refractivity contribution is -0.147. The van der Waals surface area contributed by atoms with Crippen molar-refractivity contribution in [2.45, 2.75) is 43.8 Å². The van der Waals surface area contributed by atoms with Gasteiger partial charge in [0, 0.05) is 11.9 Å². The van der Waals surface area contributed by atoms with Gasteiger partial charge in [-0.3, -0.25) is 9.59 Å². The Morgan fingerprint density at radius 3 is 2.77 bits per heavy atom. The second-order valence-electron chi connectivity index (χ2n) is 7.91. The van der Waals surface area contributed by atoms with E-state index in [2.05, 4.69) is 16.0 Å². The zero-order valence-electron chi connectivity index (χ0n) is 16.8. The van der Waals surface area contributed by atoms with Crippen molar-refractivity contribution in [3.05, 3.63) is 42.5 Å². The first-order valence-corrected chi connectivity index (χ1v) is 10.4. The third-order valence-corrected chi connectivity index (χ3v) is 5.82. The molecule has 2 heterocycles. The number of amides is 4. The van der Waals surface area contributed by atoms with Crippen LogP contribution in [0.3, 0.4) is 0 Å². The number of nitrogens with zero attached hydrogens (tertiary/aromatic N) is 1. The number of carbonyl (C=O) groups is 3. The molecular weight excluding hydrogens is 382 g/mol. The van der Waals surface area contributed by atoms with Crippen molar-refractivity contribution in [2.75, 3.05) is 18.4 Å². The van der Waals surface area contributed by atoms with Crippen molar-refractivity contribution in [3.63, 3.8) is 0 Å². The highest BCUT2D eigenvalue weighted by atomic mass is 16.2. The molecule has 0 saturated carbocycles. The number of piperazine rings is 1. The van der Waals surface area contributed by atoms with Crippen LogP contribution in [-0.2, 0) is 9.59 Å². The maximum Gasteiger partial charge on any atom is 0.319 e. The van der Waals surface area contributed by atoms with Crippen LogP contribution in [-0.4, -0.2) is 54.0 Å². The summed E-state index contributed by atoms with van der Waals surface area (Å²) >= 11 is 0. The molecule has 2 aliphatic heterocycles. The van der Waals surface area contributed by atoms with Gasteiger partial charge in [0.25, 0.3) is 0 Å². The van der Waals surface area contributed by atoms with Gasteiger partial charge in [-0.1, -0.05) is 36.4 Å². The lowest BCUT2D eigenvalue weighted by atomic mass is 10.0. The number of anilines is 1. The highest BCUT2D eigenvalue weighted by Crippen LogP contribution is 2.25. The number of rotatable bonds is 6. The number of hydrogen-bond acceptors (Lipinski definition) is 4. The molecule has 3 atom stereocenters. The maximum absolute atomic E-state index is 12.8. The van der Waals surface area contributed by atoms with Crippen molar-refractivity contribution < 1.29 is 14.4 Å². The van der Waals surface area contributed by atoms with Gasteiger partial charge in [-0.25, -0.2) is 4.79 Å². The average Bonchev–Trinajstić information content (AvgIpc) is 3.16. The van der Waals surface area contributed by atoms with Gasteiger partial charge in [-0.05, 0) is 43.7 Å². The predicted octanol–water partition coefficient (Wildman–Crippen LogP) is 1.56. The molecule has 8 nitrogen and oxygen atoms in total. The summed E-state index contributed by atoms with van der Waals surface area (Å²) in [6, 6.07) is 11.9. The first-order valence-electron chi connectivity index (χ1n) is 10.4.